The van der Waals surface area contributed by atoms with E-state index in [1.165, 1.54) is 28.7 Å². The molecule has 2 heterocycles. The molecule has 1 amide bonds. The van der Waals surface area contributed by atoms with E-state index < -0.39 is 0 Å². The number of thioether (sulfide) groups is 1. The Morgan fingerprint density at radius 3 is 2.83 bits per heavy atom. The Hall–Kier alpha value is -2.97. The van der Waals surface area contributed by atoms with E-state index in [1.54, 1.807) is 7.11 Å². The summed E-state index contributed by atoms with van der Waals surface area (Å²) in [5.74, 6) is 0.885. The van der Waals surface area contributed by atoms with Crippen LogP contribution in [0.2, 0.25) is 0 Å². The van der Waals surface area contributed by atoms with Crippen molar-refractivity contribution in [2.24, 2.45) is 0 Å². The molecular weight excluding hydrogens is 404 g/mol. The number of aryl methyl sites for hydroxylation is 1. The van der Waals surface area contributed by atoms with Gasteiger partial charge >= 0.3 is 0 Å². The van der Waals surface area contributed by atoms with Crippen LogP contribution in [0.5, 0.6) is 5.75 Å². The van der Waals surface area contributed by atoms with Crippen LogP contribution in [-0.2, 0) is 4.79 Å². The molecule has 2 aromatic heterocycles. The zero-order chi connectivity index (χ0) is 20.2. The van der Waals surface area contributed by atoms with E-state index in [9.17, 15) is 4.79 Å². The lowest BCUT2D eigenvalue weighted by Crippen LogP contribution is -2.13. The number of methoxy groups -OCH3 is 1. The molecule has 0 bridgehead atoms. The van der Waals surface area contributed by atoms with Crippen molar-refractivity contribution in [3.63, 3.8) is 0 Å². The van der Waals surface area contributed by atoms with Crippen molar-refractivity contribution < 1.29 is 9.53 Å². The molecule has 6 nitrogen and oxygen atoms in total. The Kier molecular flexibility index (Phi) is 5.73. The number of hydrogen-bond acceptors (Lipinski definition) is 7. The van der Waals surface area contributed by atoms with Gasteiger partial charge < -0.3 is 10.1 Å². The Labute approximate surface area is 176 Å². The molecule has 0 atom stereocenters. The van der Waals surface area contributed by atoms with Gasteiger partial charge in [0.2, 0.25) is 5.91 Å². The van der Waals surface area contributed by atoms with E-state index in [4.69, 9.17) is 4.74 Å². The lowest BCUT2D eigenvalue weighted by atomic mass is 10.1. The number of anilines is 1. The summed E-state index contributed by atoms with van der Waals surface area (Å²) in [5, 5.41) is 12.6. The van der Waals surface area contributed by atoms with Crippen LogP contribution in [0.1, 0.15) is 5.56 Å². The van der Waals surface area contributed by atoms with Gasteiger partial charge in [-0.15, -0.1) is 10.2 Å². The van der Waals surface area contributed by atoms with Crippen LogP contribution >= 0.6 is 23.1 Å². The maximum Gasteiger partial charge on any atom is 0.236 e. The Morgan fingerprint density at radius 2 is 2.03 bits per heavy atom. The molecule has 0 spiro atoms. The van der Waals surface area contributed by atoms with Gasteiger partial charge in [-0.3, -0.25) is 4.79 Å². The summed E-state index contributed by atoms with van der Waals surface area (Å²) in [6.45, 7) is 2.04. The van der Waals surface area contributed by atoms with Gasteiger partial charge in [-0.1, -0.05) is 41.3 Å². The minimum absolute atomic E-state index is 0.121. The molecule has 29 heavy (non-hydrogen) atoms. The molecule has 0 saturated carbocycles. The summed E-state index contributed by atoms with van der Waals surface area (Å²) in [5.41, 5.74) is 3.74. The first kappa shape index (κ1) is 19.4. The van der Waals surface area contributed by atoms with Crippen molar-refractivity contribution in [3.05, 3.63) is 60.2 Å². The summed E-state index contributed by atoms with van der Waals surface area (Å²) in [6.07, 6.45) is 0. The largest absolute Gasteiger partial charge is 0.497 e. The quantitative estimate of drug-likeness (QED) is 0.450. The monoisotopic (exact) mass is 422 g/mol. The van der Waals surface area contributed by atoms with Crippen molar-refractivity contribution in [2.45, 2.75) is 11.9 Å². The zero-order valence-electron chi connectivity index (χ0n) is 15.9. The lowest BCUT2D eigenvalue weighted by Gasteiger charge is -2.04. The highest BCUT2D eigenvalue weighted by Gasteiger charge is 2.10. The maximum absolute atomic E-state index is 12.3. The fourth-order valence-corrected chi connectivity index (χ4v) is 4.31. The summed E-state index contributed by atoms with van der Waals surface area (Å²) < 4.78 is 6.30. The average molecular weight is 423 g/mol. The van der Waals surface area contributed by atoms with Crippen LogP contribution in [0.15, 0.2) is 59.6 Å². The Bertz CT molecular complexity index is 1160. The first-order valence-corrected chi connectivity index (χ1v) is 10.7. The zero-order valence-corrected chi connectivity index (χ0v) is 17.5. The summed E-state index contributed by atoms with van der Waals surface area (Å²) >= 11 is 2.81. The predicted octanol–water partition coefficient (Wildman–Crippen LogP) is 4.80. The highest BCUT2D eigenvalue weighted by atomic mass is 32.2. The SMILES string of the molecule is COc1cccc(-c2ccc(SCC(=O)Nc3nc4ccc(C)cc4s3)nn2)c1. The molecule has 4 rings (SSSR count). The average Bonchev–Trinajstić information content (AvgIpc) is 3.14. The van der Waals surface area contributed by atoms with Crippen molar-refractivity contribution in [1.82, 2.24) is 15.2 Å². The molecule has 1 N–H and O–H groups in total. The number of amides is 1. The van der Waals surface area contributed by atoms with Crippen molar-refractivity contribution in [2.75, 3.05) is 18.2 Å². The van der Waals surface area contributed by atoms with Gasteiger partial charge in [-0.2, -0.15) is 0 Å². The molecule has 0 unspecified atom stereocenters. The third-order valence-corrected chi connectivity index (χ3v) is 6.00. The van der Waals surface area contributed by atoms with E-state index >= 15 is 0 Å². The first-order valence-electron chi connectivity index (χ1n) is 8.89. The lowest BCUT2D eigenvalue weighted by molar-refractivity contribution is -0.113. The van der Waals surface area contributed by atoms with Crippen LogP contribution in [0.4, 0.5) is 5.13 Å². The van der Waals surface area contributed by atoms with Crippen LogP contribution in [-0.4, -0.2) is 34.0 Å². The molecule has 8 heteroatoms. The fraction of sp³-hybridized carbons (Fsp3) is 0.143. The number of nitrogens with one attached hydrogen (secondary N) is 1. The Morgan fingerprint density at radius 1 is 1.14 bits per heavy atom. The number of aromatic nitrogens is 3. The maximum atomic E-state index is 12.3. The van der Waals surface area contributed by atoms with E-state index in [2.05, 4.69) is 26.6 Å². The van der Waals surface area contributed by atoms with Crippen LogP contribution in [0.3, 0.4) is 0 Å². The number of rotatable bonds is 6. The molecule has 0 radical (unpaired) electrons. The molecule has 0 aliphatic carbocycles. The van der Waals surface area contributed by atoms with Gasteiger partial charge in [0.1, 0.15) is 10.8 Å². The molecule has 146 valence electrons. The van der Waals surface area contributed by atoms with E-state index in [0.29, 0.717) is 10.2 Å². The predicted molar refractivity (Wildman–Crippen MR) is 118 cm³/mol. The van der Waals surface area contributed by atoms with Gasteiger partial charge in [-0.05, 0) is 48.9 Å². The van der Waals surface area contributed by atoms with Crippen LogP contribution in [0.25, 0.3) is 21.5 Å². The fourth-order valence-electron chi connectivity index (χ4n) is 2.71. The number of hydrogen-bond donors (Lipinski definition) is 1. The van der Waals surface area contributed by atoms with E-state index in [-0.39, 0.29) is 11.7 Å². The highest BCUT2D eigenvalue weighted by Crippen LogP contribution is 2.27. The third kappa shape index (κ3) is 4.72. The van der Waals surface area contributed by atoms with Crippen LogP contribution < -0.4 is 10.1 Å². The number of fused-ring (bicyclic) bond motifs is 1. The molecule has 4 aromatic rings. The number of nitrogens with zero attached hydrogens (tertiary/aromatic N) is 3. The number of carbonyl (C=O) groups excluding carboxylic acids is 1. The second-order valence-electron chi connectivity index (χ2n) is 6.32. The van der Waals surface area contributed by atoms with Gasteiger partial charge in [0.05, 0.1) is 28.8 Å². The molecule has 0 fully saturated rings. The number of carbonyl (C=O) groups is 1. The number of benzene rings is 2. The summed E-state index contributed by atoms with van der Waals surface area (Å²) in [4.78, 5) is 16.7. The van der Waals surface area contributed by atoms with Gasteiger partial charge in [0, 0.05) is 5.56 Å². The summed E-state index contributed by atoms with van der Waals surface area (Å²) in [6, 6.07) is 17.4. The number of thiazole rings is 1. The third-order valence-electron chi connectivity index (χ3n) is 4.15. The molecule has 0 aliphatic heterocycles. The molecule has 0 saturated heterocycles. The van der Waals surface area contributed by atoms with Gasteiger partial charge in [-0.25, -0.2) is 4.98 Å². The smallest absolute Gasteiger partial charge is 0.236 e. The Balaban J connectivity index is 1.36. The number of ether oxygens (including phenoxy) is 1. The normalized spacial score (nSPS) is 10.8. The minimum Gasteiger partial charge on any atom is -0.497 e. The van der Waals surface area contributed by atoms with E-state index in [0.717, 1.165) is 27.2 Å². The van der Waals surface area contributed by atoms with E-state index in [1.807, 2.05) is 55.5 Å². The van der Waals surface area contributed by atoms with Gasteiger partial charge in [0.25, 0.3) is 0 Å². The first-order chi connectivity index (χ1) is 14.1. The molecular formula is C21H18N4O2S2. The topological polar surface area (TPSA) is 77.0 Å². The summed E-state index contributed by atoms with van der Waals surface area (Å²) in [7, 11) is 1.63. The molecule has 2 aromatic carbocycles. The standard InChI is InChI=1S/C21H18N4O2S2/c1-13-6-7-17-18(10-13)29-21(22-17)23-19(26)12-28-20-9-8-16(24-25-20)14-4-3-5-15(11-14)27-2/h3-11H,12H2,1-2H3,(H,22,23,26). The van der Waals surface area contributed by atoms with Crippen molar-refractivity contribution >= 4 is 44.4 Å². The van der Waals surface area contributed by atoms with Crippen molar-refractivity contribution in [1.29, 1.82) is 0 Å². The second-order valence-corrected chi connectivity index (χ2v) is 8.34. The molecule has 0 aliphatic rings. The van der Waals surface area contributed by atoms with Crippen LogP contribution in [0, 0.1) is 6.92 Å². The highest BCUT2D eigenvalue weighted by molar-refractivity contribution is 7.99. The van der Waals surface area contributed by atoms with Gasteiger partial charge in [0.15, 0.2) is 5.13 Å². The van der Waals surface area contributed by atoms with Crippen molar-refractivity contribution in [3.8, 4) is 17.0 Å². The minimum atomic E-state index is -0.121. The second kappa shape index (κ2) is 8.59.